The maximum atomic E-state index is 13.1. The first-order valence-corrected chi connectivity index (χ1v) is 10.4. The monoisotopic (exact) mass is 436 g/mol. The maximum Gasteiger partial charge on any atom is 0.259 e. The molecule has 2 amide bonds. The molecular formula is C22H20N4O4S. The van der Waals surface area contributed by atoms with Gasteiger partial charge in [-0.2, -0.15) is 0 Å². The average molecular weight is 436 g/mol. The van der Waals surface area contributed by atoms with Gasteiger partial charge in [-0.15, -0.1) is 11.3 Å². The summed E-state index contributed by atoms with van der Waals surface area (Å²) in [5.41, 5.74) is 7.71. The second-order valence-corrected chi connectivity index (χ2v) is 8.24. The summed E-state index contributed by atoms with van der Waals surface area (Å²) in [6.45, 7) is 3.99. The summed E-state index contributed by atoms with van der Waals surface area (Å²) in [4.78, 5) is 30.5. The molecule has 1 aromatic carbocycles. The minimum atomic E-state index is -0.423. The number of pyridine rings is 1. The lowest BCUT2D eigenvalue weighted by atomic mass is 10.1. The lowest BCUT2D eigenvalue weighted by molar-refractivity contribution is -0.118. The van der Waals surface area contributed by atoms with Gasteiger partial charge < -0.3 is 20.3 Å². The van der Waals surface area contributed by atoms with Crippen molar-refractivity contribution in [1.29, 1.82) is 0 Å². The van der Waals surface area contributed by atoms with Gasteiger partial charge >= 0.3 is 0 Å². The Hall–Kier alpha value is -3.72. The maximum absolute atomic E-state index is 13.1. The van der Waals surface area contributed by atoms with E-state index >= 15 is 0 Å². The predicted octanol–water partition coefficient (Wildman–Crippen LogP) is 4.07. The number of aryl methyl sites for hydroxylation is 2. The van der Waals surface area contributed by atoms with Crippen LogP contribution >= 0.6 is 11.3 Å². The molecule has 0 aliphatic carbocycles. The van der Waals surface area contributed by atoms with Crippen LogP contribution in [-0.2, 0) is 4.79 Å². The Kier molecular flexibility index (Phi) is 5.68. The van der Waals surface area contributed by atoms with Crippen LogP contribution < -0.4 is 15.8 Å². The van der Waals surface area contributed by atoms with Crippen molar-refractivity contribution in [1.82, 2.24) is 10.1 Å². The molecule has 3 heterocycles. The number of thiophene rings is 1. The fraction of sp³-hybridized carbons (Fsp3) is 0.182. The van der Waals surface area contributed by atoms with Crippen LogP contribution in [0.25, 0.3) is 21.7 Å². The summed E-state index contributed by atoms with van der Waals surface area (Å²) in [6, 6.07) is 12.6. The molecule has 0 aliphatic heterocycles. The largest absolute Gasteiger partial charge is 0.493 e. The minimum Gasteiger partial charge on any atom is -0.493 e. The molecule has 0 atom stereocenters. The van der Waals surface area contributed by atoms with Crippen LogP contribution in [0.15, 0.2) is 47.0 Å². The number of ether oxygens (including phenoxy) is 1. The van der Waals surface area contributed by atoms with E-state index in [1.54, 1.807) is 48.6 Å². The quantitative estimate of drug-likeness (QED) is 0.450. The number of rotatable bonds is 7. The third-order valence-corrected chi connectivity index (χ3v) is 5.61. The zero-order valence-electron chi connectivity index (χ0n) is 17.0. The van der Waals surface area contributed by atoms with E-state index in [4.69, 9.17) is 15.0 Å². The van der Waals surface area contributed by atoms with E-state index in [1.165, 1.54) is 0 Å². The Morgan fingerprint density at radius 3 is 2.61 bits per heavy atom. The Morgan fingerprint density at radius 1 is 1.16 bits per heavy atom. The number of carbonyl (C=O) groups excluding carboxylic acids is 2. The Labute approximate surface area is 182 Å². The molecule has 31 heavy (non-hydrogen) atoms. The van der Waals surface area contributed by atoms with Gasteiger partial charge in [-0.1, -0.05) is 5.16 Å². The summed E-state index contributed by atoms with van der Waals surface area (Å²) in [6.07, 6.45) is 0.140. The van der Waals surface area contributed by atoms with E-state index in [0.29, 0.717) is 39.5 Å². The van der Waals surface area contributed by atoms with E-state index in [1.807, 2.05) is 19.1 Å². The summed E-state index contributed by atoms with van der Waals surface area (Å²) in [7, 11) is 0. The smallest absolute Gasteiger partial charge is 0.259 e. The highest BCUT2D eigenvalue weighted by Gasteiger charge is 2.20. The topological polar surface area (TPSA) is 120 Å². The van der Waals surface area contributed by atoms with E-state index in [-0.39, 0.29) is 18.9 Å². The van der Waals surface area contributed by atoms with Gasteiger partial charge in [0.25, 0.3) is 11.6 Å². The molecule has 0 unspecified atom stereocenters. The number of nitrogens with two attached hydrogens (primary N) is 1. The number of nitrogens with zero attached hydrogens (tertiary/aromatic N) is 2. The normalized spacial score (nSPS) is 10.9. The van der Waals surface area contributed by atoms with Crippen molar-refractivity contribution in [3.8, 4) is 16.3 Å². The SMILES string of the molecule is Cc1ccc(-c2cc(C(=O)Nc3ccc(OCCC(N)=O)cc3)c3c(C)noc3n2)s1. The molecule has 3 N–H and O–H groups in total. The molecule has 4 rings (SSSR count). The number of fused-ring (bicyclic) bond motifs is 1. The number of anilines is 1. The van der Waals surface area contributed by atoms with Gasteiger partial charge in [0, 0.05) is 10.6 Å². The van der Waals surface area contributed by atoms with Gasteiger partial charge in [0.1, 0.15) is 5.75 Å². The third-order valence-electron chi connectivity index (χ3n) is 4.58. The van der Waals surface area contributed by atoms with Gasteiger partial charge in [0.15, 0.2) is 0 Å². The Balaban J connectivity index is 1.58. The third kappa shape index (κ3) is 4.56. The van der Waals surface area contributed by atoms with E-state index in [9.17, 15) is 9.59 Å². The second-order valence-electron chi connectivity index (χ2n) is 6.96. The molecule has 0 fully saturated rings. The standard InChI is InChI=1S/C22H20N4O4S/c1-12-3-8-18(31-12)17-11-16(20-13(2)26-30-22(20)25-17)21(28)24-14-4-6-15(7-5-14)29-10-9-19(23)27/h3-8,11H,9-10H2,1-2H3,(H2,23,27)(H,24,28). The zero-order valence-corrected chi connectivity index (χ0v) is 17.8. The number of nitrogens with one attached hydrogen (secondary N) is 1. The van der Waals surface area contributed by atoms with Crippen molar-refractivity contribution in [3.63, 3.8) is 0 Å². The number of benzene rings is 1. The van der Waals surface area contributed by atoms with Crippen LogP contribution in [0.1, 0.15) is 27.3 Å². The highest BCUT2D eigenvalue weighted by Crippen LogP contribution is 2.31. The van der Waals surface area contributed by atoms with Gasteiger partial charge in [-0.05, 0) is 56.3 Å². The number of hydrogen-bond acceptors (Lipinski definition) is 7. The number of primary amides is 1. The van der Waals surface area contributed by atoms with Crippen molar-refractivity contribution >= 4 is 39.9 Å². The highest BCUT2D eigenvalue weighted by molar-refractivity contribution is 7.15. The first-order valence-electron chi connectivity index (χ1n) is 9.57. The molecule has 9 heteroatoms. The summed E-state index contributed by atoms with van der Waals surface area (Å²) in [5, 5.41) is 7.45. The number of amides is 2. The lowest BCUT2D eigenvalue weighted by Gasteiger charge is -2.09. The van der Waals surface area contributed by atoms with Crippen LogP contribution in [0.3, 0.4) is 0 Å². The Bertz CT molecular complexity index is 1260. The lowest BCUT2D eigenvalue weighted by Crippen LogP contribution is -2.14. The molecule has 0 aliphatic rings. The van der Waals surface area contributed by atoms with Gasteiger partial charge in [-0.3, -0.25) is 9.59 Å². The highest BCUT2D eigenvalue weighted by atomic mass is 32.1. The number of carbonyl (C=O) groups is 2. The molecule has 4 aromatic rings. The fourth-order valence-electron chi connectivity index (χ4n) is 3.07. The van der Waals surface area contributed by atoms with Gasteiger partial charge in [0.05, 0.1) is 40.2 Å². The van der Waals surface area contributed by atoms with Crippen LogP contribution in [0.2, 0.25) is 0 Å². The first-order chi connectivity index (χ1) is 14.9. The molecule has 8 nitrogen and oxygen atoms in total. The first kappa shape index (κ1) is 20.5. The fourth-order valence-corrected chi connectivity index (χ4v) is 3.90. The zero-order chi connectivity index (χ0) is 22.0. The number of hydrogen-bond donors (Lipinski definition) is 2. The number of aromatic nitrogens is 2. The van der Waals surface area contributed by atoms with Crippen molar-refractivity contribution in [3.05, 3.63) is 58.6 Å². The molecular weight excluding hydrogens is 416 g/mol. The second kappa shape index (κ2) is 8.57. The minimum absolute atomic E-state index is 0.140. The molecule has 0 spiro atoms. The van der Waals surface area contributed by atoms with Crippen LogP contribution in [0.4, 0.5) is 5.69 Å². The van der Waals surface area contributed by atoms with Crippen LogP contribution in [0.5, 0.6) is 5.75 Å². The molecule has 0 bridgehead atoms. The molecule has 3 aromatic heterocycles. The van der Waals surface area contributed by atoms with Crippen molar-refractivity contribution in [2.45, 2.75) is 20.3 Å². The molecule has 0 saturated heterocycles. The van der Waals surface area contributed by atoms with Gasteiger partial charge in [-0.25, -0.2) is 4.98 Å². The van der Waals surface area contributed by atoms with Crippen molar-refractivity contribution < 1.29 is 18.8 Å². The van der Waals surface area contributed by atoms with Gasteiger partial charge in [0.2, 0.25) is 5.91 Å². The van der Waals surface area contributed by atoms with Crippen molar-refractivity contribution in [2.24, 2.45) is 5.73 Å². The summed E-state index contributed by atoms with van der Waals surface area (Å²) >= 11 is 1.59. The van der Waals surface area contributed by atoms with Crippen molar-refractivity contribution in [2.75, 3.05) is 11.9 Å². The molecule has 0 radical (unpaired) electrons. The molecule has 0 saturated carbocycles. The van der Waals surface area contributed by atoms with Crippen LogP contribution in [0, 0.1) is 13.8 Å². The van der Waals surface area contributed by atoms with Crippen LogP contribution in [-0.4, -0.2) is 28.6 Å². The Morgan fingerprint density at radius 2 is 1.94 bits per heavy atom. The molecule has 158 valence electrons. The van der Waals surface area contributed by atoms with E-state index < -0.39 is 5.91 Å². The van der Waals surface area contributed by atoms with E-state index in [0.717, 1.165) is 9.75 Å². The predicted molar refractivity (Wildman–Crippen MR) is 118 cm³/mol. The van der Waals surface area contributed by atoms with E-state index in [2.05, 4.69) is 15.5 Å². The summed E-state index contributed by atoms with van der Waals surface area (Å²) in [5.74, 6) is -0.139. The average Bonchev–Trinajstić information content (AvgIpc) is 3.34. The summed E-state index contributed by atoms with van der Waals surface area (Å²) < 4.78 is 10.8.